The molecule has 9 heteroatoms. The molecule has 3 rings (SSSR count). The second-order valence-electron chi connectivity index (χ2n) is 6.60. The summed E-state index contributed by atoms with van der Waals surface area (Å²) in [5, 5.41) is 20.2. The third-order valence-electron chi connectivity index (χ3n) is 4.61. The van der Waals surface area contributed by atoms with Gasteiger partial charge in [-0.1, -0.05) is 18.2 Å². The number of non-ortho nitro benzene ring substituents is 1. The summed E-state index contributed by atoms with van der Waals surface area (Å²) < 4.78 is 10.7. The molecule has 29 heavy (non-hydrogen) atoms. The highest BCUT2D eigenvalue weighted by Crippen LogP contribution is 2.23. The van der Waals surface area contributed by atoms with Crippen molar-refractivity contribution in [1.82, 2.24) is 4.90 Å². The van der Waals surface area contributed by atoms with Crippen LogP contribution in [0.3, 0.4) is 0 Å². The van der Waals surface area contributed by atoms with E-state index >= 15 is 0 Å². The number of likely N-dealkylation sites (tertiary alicyclic amines) is 1. The van der Waals surface area contributed by atoms with Crippen LogP contribution in [0.4, 0.5) is 10.5 Å². The molecule has 2 unspecified atom stereocenters. The Hall–Kier alpha value is -3.46. The molecule has 1 aliphatic rings. The number of carbonyl (C=O) groups excluding carboxylic acids is 2. The molecule has 1 saturated heterocycles. The molecular formula is C20H20N2O7. The number of benzene rings is 2. The largest absolute Gasteiger partial charge is 0.457 e. The lowest BCUT2D eigenvalue weighted by Crippen LogP contribution is -2.38. The zero-order valence-electron chi connectivity index (χ0n) is 15.5. The number of aliphatic hydroxyl groups excluding tert-OH is 1. The van der Waals surface area contributed by atoms with E-state index in [0.717, 1.165) is 0 Å². The summed E-state index contributed by atoms with van der Waals surface area (Å²) in [6, 6.07) is 13.7. The molecule has 0 spiro atoms. The van der Waals surface area contributed by atoms with Gasteiger partial charge in [0.1, 0.15) is 12.7 Å². The zero-order chi connectivity index (χ0) is 20.8. The summed E-state index contributed by atoms with van der Waals surface area (Å²) in [6.45, 7) is -0.241. The first-order chi connectivity index (χ1) is 14.0. The van der Waals surface area contributed by atoms with Crippen LogP contribution in [0.5, 0.6) is 0 Å². The standard InChI is InChI=1S/C20H20N2O7/c23-12-17-10-18(29-19(24)15-4-2-1-3-5-15)11-21(17)20(25)28-13-14-6-8-16(9-7-14)22(26)27/h1-9,17-18,23H,10-13H2. The fourth-order valence-corrected chi connectivity index (χ4v) is 3.09. The summed E-state index contributed by atoms with van der Waals surface area (Å²) in [5.74, 6) is -0.492. The van der Waals surface area contributed by atoms with Crippen molar-refractivity contribution in [3.8, 4) is 0 Å². The molecule has 1 fully saturated rings. The van der Waals surface area contributed by atoms with E-state index in [9.17, 15) is 24.8 Å². The highest BCUT2D eigenvalue weighted by atomic mass is 16.6. The van der Waals surface area contributed by atoms with E-state index in [-0.39, 0.29) is 25.4 Å². The maximum atomic E-state index is 12.4. The fraction of sp³-hybridized carbons (Fsp3) is 0.300. The Morgan fingerprint density at radius 2 is 1.83 bits per heavy atom. The molecule has 2 aromatic carbocycles. The van der Waals surface area contributed by atoms with Crippen LogP contribution in [-0.2, 0) is 16.1 Å². The van der Waals surface area contributed by atoms with E-state index in [1.807, 2.05) is 0 Å². The molecule has 2 aromatic rings. The number of amides is 1. The lowest BCUT2D eigenvalue weighted by atomic mass is 10.2. The molecule has 1 N–H and O–H groups in total. The van der Waals surface area contributed by atoms with Gasteiger partial charge in [-0.2, -0.15) is 0 Å². The molecule has 1 aliphatic heterocycles. The van der Waals surface area contributed by atoms with E-state index in [2.05, 4.69) is 0 Å². The first kappa shape index (κ1) is 20.3. The van der Waals surface area contributed by atoms with Crippen molar-refractivity contribution >= 4 is 17.7 Å². The zero-order valence-corrected chi connectivity index (χ0v) is 15.5. The van der Waals surface area contributed by atoms with Crippen LogP contribution >= 0.6 is 0 Å². The Labute approximate surface area is 166 Å². The van der Waals surface area contributed by atoms with Gasteiger partial charge in [0.2, 0.25) is 0 Å². The van der Waals surface area contributed by atoms with Gasteiger partial charge in [0, 0.05) is 18.6 Å². The van der Waals surface area contributed by atoms with Gasteiger partial charge in [0.05, 0.1) is 29.7 Å². The molecule has 0 saturated carbocycles. The highest BCUT2D eigenvalue weighted by molar-refractivity contribution is 5.89. The van der Waals surface area contributed by atoms with Gasteiger partial charge in [-0.15, -0.1) is 0 Å². The van der Waals surface area contributed by atoms with Gasteiger partial charge < -0.3 is 14.6 Å². The Kier molecular flexibility index (Phi) is 6.40. The van der Waals surface area contributed by atoms with Crippen molar-refractivity contribution in [2.24, 2.45) is 0 Å². The fourth-order valence-electron chi connectivity index (χ4n) is 3.09. The van der Waals surface area contributed by atoms with Crippen molar-refractivity contribution in [1.29, 1.82) is 0 Å². The molecule has 1 amide bonds. The lowest BCUT2D eigenvalue weighted by molar-refractivity contribution is -0.384. The van der Waals surface area contributed by atoms with Crippen LogP contribution in [0.1, 0.15) is 22.3 Å². The van der Waals surface area contributed by atoms with Crippen LogP contribution in [-0.4, -0.2) is 52.3 Å². The third kappa shape index (κ3) is 5.08. The van der Waals surface area contributed by atoms with Crippen molar-refractivity contribution < 1.29 is 29.1 Å². The number of nitrogens with zero attached hydrogens (tertiary/aromatic N) is 2. The minimum Gasteiger partial charge on any atom is -0.457 e. The van der Waals surface area contributed by atoms with Gasteiger partial charge in [-0.25, -0.2) is 9.59 Å². The SMILES string of the molecule is O=C(OC1CC(CO)N(C(=O)OCc2ccc([N+](=O)[O-])cc2)C1)c1ccccc1. The van der Waals surface area contributed by atoms with E-state index in [0.29, 0.717) is 17.5 Å². The van der Waals surface area contributed by atoms with Crippen LogP contribution in [0.25, 0.3) is 0 Å². The predicted octanol–water partition coefficient (Wildman–Crippen LogP) is 2.52. The molecule has 0 aromatic heterocycles. The van der Waals surface area contributed by atoms with E-state index in [4.69, 9.17) is 9.47 Å². The second kappa shape index (κ2) is 9.16. The van der Waals surface area contributed by atoms with Gasteiger partial charge >= 0.3 is 12.1 Å². The number of aliphatic hydroxyl groups is 1. The Balaban J connectivity index is 1.55. The van der Waals surface area contributed by atoms with Crippen LogP contribution in [0.15, 0.2) is 54.6 Å². The average Bonchev–Trinajstić information content (AvgIpc) is 3.15. The molecule has 2 atom stereocenters. The number of nitro benzene ring substituents is 1. The maximum absolute atomic E-state index is 12.4. The minimum absolute atomic E-state index is 0.0527. The monoisotopic (exact) mass is 400 g/mol. The van der Waals surface area contributed by atoms with Gasteiger partial charge in [-0.3, -0.25) is 15.0 Å². The predicted molar refractivity (Wildman–Crippen MR) is 101 cm³/mol. The number of hydrogen-bond donors (Lipinski definition) is 1. The maximum Gasteiger partial charge on any atom is 0.410 e. The average molecular weight is 400 g/mol. The molecule has 152 valence electrons. The van der Waals surface area contributed by atoms with Crippen LogP contribution in [0, 0.1) is 10.1 Å². The molecular weight excluding hydrogens is 380 g/mol. The van der Waals surface area contributed by atoms with Crippen molar-refractivity contribution in [3.05, 3.63) is 75.8 Å². The second-order valence-corrected chi connectivity index (χ2v) is 6.60. The molecule has 0 radical (unpaired) electrons. The van der Waals surface area contributed by atoms with E-state index in [1.165, 1.54) is 29.2 Å². The quantitative estimate of drug-likeness (QED) is 0.449. The van der Waals surface area contributed by atoms with Gasteiger partial charge in [0.25, 0.3) is 5.69 Å². The molecule has 1 heterocycles. The van der Waals surface area contributed by atoms with E-state index in [1.54, 1.807) is 30.3 Å². The molecule has 0 aliphatic carbocycles. The van der Waals surface area contributed by atoms with Crippen LogP contribution in [0.2, 0.25) is 0 Å². The number of ether oxygens (including phenoxy) is 2. The topological polar surface area (TPSA) is 119 Å². The summed E-state index contributed by atoms with van der Waals surface area (Å²) >= 11 is 0. The van der Waals surface area contributed by atoms with Gasteiger partial charge in [-0.05, 0) is 29.8 Å². The minimum atomic E-state index is -0.652. The lowest BCUT2D eigenvalue weighted by Gasteiger charge is -2.21. The number of nitro groups is 1. The smallest absolute Gasteiger partial charge is 0.410 e. The molecule has 9 nitrogen and oxygen atoms in total. The summed E-state index contributed by atoms with van der Waals surface area (Å²) in [7, 11) is 0. The van der Waals surface area contributed by atoms with E-state index < -0.39 is 29.1 Å². The summed E-state index contributed by atoms with van der Waals surface area (Å²) in [6.07, 6.45) is -0.894. The Morgan fingerprint density at radius 1 is 1.14 bits per heavy atom. The van der Waals surface area contributed by atoms with Crippen LogP contribution < -0.4 is 0 Å². The third-order valence-corrected chi connectivity index (χ3v) is 4.61. The van der Waals surface area contributed by atoms with Crippen molar-refractivity contribution in [2.45, 2.75) is 25.2 Å². The highest BCUT2D eigenvalue weighted by Gasteiger charge is 2.38. The first-order valence-corrected chi connectivity index (χ1v) is 9.01. The summed E-state index contributed by atoms with van der Waals surface area (Å²) in [5.41, 5.74) is 0.950. The number of esters is 1. The molecule has 0 bridgehead atoms. The van der Waals surface area contributed by atoms with Gasteiger partial charge in [0.15, 0.2) is 0 Å². The Morgan fingerprint density at radius 3 is 2.45 bits per heavy atom. The number of rotatable bonds is 6. The summed E-state index contributed by atoms with van der Waals surface area (Å²) in [4.78, 5) is 36.1. The first-order valence-electron chi connectivity index (χ1n) is 9.01. The van der Waals surface area contributed by atoms with Crippen molar-refractivity contribution in [2.75, 3.05) is 13.2 Å². The van der Waals surface area contributed by atoms with Crippen molar-refractivity contribution in [3.63, 3.8) is 0 Å². The number of hydrogen-bond acceptors (Lipinski definition) is 7. The normalized spacial score (nSPS) is 18.3. The Bertz CT molecular complexity index is 870. The number of carbonyl (C=O) groups is 2.